The summed E-state index contributed by atoms with van der Waals surface area (Å²) in [6.45, 7) is 1.28. The lowest BCUT2D eigenvalue weighted by Crippen LogP contribution is -2.31. The van der Waals surface area contributed by atoms with Crippen molar-refractivity contribution in [2.75, 3.05) is 20.2 Å². The Labute approximate surface area is 136 Å². The van der Waals surface area contributed by atoms with Crippen molar-refractivity contribution in [2.45, 2.75) is 22.3 Å². The SMILES string of the molecule is CNCCC1COc2ccc(S(=O)(=O)c3ccccc3)cc2O1. The summed E-state index contributed by atoms with van der Waals surface area (Å²) in [4.78, 5) is 0.476. The fourth-order valence-corrected chi connectivity index (χ4v) is 3.74. The molecule has 5 nitrogen and oxygen atoms in total. The van der Waals surface area contributed by atoms with Crippen molar-refractivity contribution < 1.29 is 17.9 Å². The summed E-state index contributed by atoms with van der Waals surface area (Å²) < 4.78 is 36.9. The van der Waals surface area contributed by atoms with Gasteiger partial charge in [-0.2, -0.15) is 0 Å². The van der Waals surface area contributed by atoms with E-state index in [9.17, 15) is 8.42 Å². The zero-order chi connectivity index (χ0) is 16.3. The van der Waals surface area contributed by atoms with E-state index in [1.165, 1.54) is 0 Å². The first kappa shape index (κ1) is 15.8. The molecule has 1 unspecified atom stereocenters. The van der Waals surface area contributed by atoms with Gasteiger partial charge in [0.25, 0.3) is 0 Å². The molecule has 2 aromatic rings. The van der Waals surface area contributed by atoms with Crippen LogP contribution in [0.1, 0.15) is 6.42 Å². The van der Waals surface area contributed by atoms with E-state index in [0.29, 0.717) is 18.1 Å². The Morgan fingerprint density at radius 3 is 2.61 bits per heavy atom. The smallest absolute Gasteiger partial charge is 0.206 e. The molecule has 0 spiro atoms. The summed E-state index contributed by atoms with van der Waals surface area (Å²) in [5, 5.41) is 3.06. The quantitative estimate of drug-likeness (QED) is 0.909. The maximum atomic E-state index is 12.7. The number of nitrogens with one attached hydrogen (secondary N) is 1. The highest BCUT2D eigenvalue weighted by Gasteiger charge is 2.24. The second-order valence-corrected chi connectivity index (χ2v) is 7.32. The van der Waals surface area contributed by atoms with Gasteiger partial charge in [-0.1, -0.05) is 18.2 Å². The second kappa shape index (κ2) is 6.60. The number of hydrogen-bond donors (Lipinski definition) is 1. The minimum atomic E-state index is -3.55. The standard InChI is InChI=1S/C17H19NO4S/c1-18-10-9-13-12-21-16-8-7-15(11-17(16)22-13)23(19,20)14-5-3-2-4-6-14/h2-8,11,13,18H,9-10,12H2,1H3. The molecule has 0 amide bonds. The fourth-order valence-electron chi connectivity index (χ4n) is 2.45. The predicted molar refractivity (Wildman–Crippen MR) is 86.8 cm³/mol. The molecule has 1 atom stereocenters. The van der Waals surface area contributed by atoms with Gasteiger partial charge in [-0.25, -0.2) is 8.42 Å². The third-order valence-corrected chi connectivity index (χ3v) is 5.48. The molecule has 1 N–H and O–H groups in total. The number of ether oxygens (including phenoxy) is 2. The van der Waals surface area contributed by atoms with Crippen LogP contribution < -0.4 is 14.8 Å². The van der Waals surface area contributed by atoms with Crippen molar-refractivity contribution >= 4 is 9.84 Å². The molecule has 0 saturated carbocycles. The van der Waals surface area contributed by atoms with Gasteiger partial charge >= 0.3 is 0 Å². The Balaban J connectivity index is 1.89. The maximum absolute atomic E-state index is 12.7. The molecule has 0 radical (unpaired) electrons. The van der Waals surface area contributed by atoms with Gasteiger partial charge in [0.05, 0.1) is 9.79 Å². The fraction of sp³-hybridized carbons (Fsp3) is 0.294. The van der Waals surface area contributed by atoms with Crippen LogP contribution in [0.15, 0.2) is 58.3 Å². The van der Waals surface area contributed by atoms with Crippen LogP contribution in [-0.4, -0.2) is 34.7 Å². The molecule has 2 aromatic carbocycles. The van der Waals surface area contributed by atoms with E-state index in [1.54, 1.807) is 48.5 Å². The number of hydrogen-bond acceptors (Lipinski definition) is 5. The summed E-state index contributed by atoms with van der Waals surface area (Å²) in [7, 11) is -1.68. The van der Waals surface area contributed by atoms with Crippen LogP contribution in [0.4, 0.5) is 0 Å². The molecule has 122 valence electrons. The van der Waals surface area contributed by atoms with Crippen molar-refractivity contribution in [3.63, 3.8) is 0 Å². The molecule has 23 heavy (non-hydrogen) atoms. The highest BCUT2D eigenvalue weighted by atomic mass is 32.2. The molecule has 0 bridgehead atoms. The first-order valence-corrected chi connectivity index (χ1v) is 8.98. The van der Waals surface area contributed by atoms with Crippen LogP contribution >= 0.6 is 0 Å². The van der Waals surface area contributed by atoms with E-state index in [0.717, 1.165) is 13.0 Å². The third kappa shape index (κ3) is 3.33. The monoisotopic (exact) mass is 333 g/mol. The highest BCUT2D eigenvalue weighted by Crippen LogP contribution is 2.35. The van der Waals surface area contributed by atoms with E-state index < -0.39 is 9.84 Å². The van der Waals surface area contributed by atoms with Crippen molar-refractivity contribution in [2.24, 2.45) is 0 Å². The van der Waals surface area contributed by atoms with Crippen LogP contribution in [0, 0.1) is 0 Å². The van der Waals surface area contributed by atoms with E-state index in [2.05, 4.69) is 5.32 Å². The van der Waals surface area contributed by atoms with Gasteiger partial charge in [-0.15, -0.1) is 0 Å². The van der Waals surface area contributed by atoms with Gasteiger partial charge in [0, 0.05) is 12.5 Å². The number of rotatable bonds is 5. The molecule has 1 aliphatic heterocycles. The number of fused-ring (bicyclic) bond motifs is 1. The topological polar surface area (TPSA) is 64.6 Å². The van der Waals surface area contributed by atoms with E-state index >= 15 is 0 Å². The minimum Gasteiger partial charge on any atom is -0.486 e. The molecule has 1 aliphatic rings. The zero-order valence-electron chi connectivity index (χ0n) is 12.9. The second-order valence-electron chi connectivity index (χ2n) is 5.37. The van der Waals surface area contributed by atoms with Crippen LogP contribution in [-0.2, 0) is 9.84 Å². The lowest BCUT2D eigenvalue weighted by molar-refractivity contribution is 0.0849. The molecule has 3 rings (SSSR count). The molecule has 0 aliphatic carbocycles. The first-order valence-electron chi connectivity index (χ1n) is 7.49. The van der Waals surface area contributed by atoms with Gasteiger partial charge in [-0.05, 0) is 37.9 Å². The normalized spacial score (nSPS) is 17.0. The van der Waals surface area contributed by atoms with Gasteiger partial charge in [0.1, 0.15) is 12.7 Å². The molecular weight excluding hydrogens is 314 g/mol. The Bertz CT molecular complexity index is 774. The lowest BCUT2D eigenvalue weighted by atomic mass is 10.2. The van der Waals surface area contributed by atoms with Crippen LogP contribution in [0.5, 0.6) is 11.5 Å². The number of sulfone groups is 1. The first-order chi connectivity index (χ1) is 11.1. The van der Waals surface area contributed by atoms with Crippen LogP contribution in [0.2, 0.25) is 0 Å². The Hall–Kier alpha value is -2.05. The maximum Gasteiger partial charge on any atom is 0.206 e. The summed E-state index contributed by atoms with van der Waals surface area (Å²) in [5.74, 6) is 1.06. The van der Waals surface area contributed by atoms with E-state index in [1.807, 2.05) is 7.05 Å². The molecule has 0 fully saturated rings. The average Bonchev–Trinajstić information content (AvgIpc) is 2.60. The van der Waals surface area contributed by atoms with Crippen LogP contribution in [0.25, 0.3) is 0 Å². The molecule has 6 heteroatoms. The summed E-state index contributed by atoms with van der Waals surface area (Å²) in [6.07, 6.45) is 0.718. The van der Waals surface area contributed by atoms with Crippen molar-refractivity contribution in [1.29, 1.82) is 0 Å². The average molecular weight is 333 g/mol. The van der Waals surface area contributed by atoms with Gasteiger partial charge in [0.15, 0.2) is 11.5 Å². The van der Waals surface area contributed by atoms with Crippen LogP contribution in [0.3, 0.4) is 0 Å². The molecular formula is C17H19NO4S. The van der Waals surface area contributed by atoms with Crippen molar-refractivity contribution in [3.05, 3.63) is 48.5 Å². The summed E-state index contributed by atoms with van der Waals surface area (Å²) >= 11 is 0. The molecule has 0 aromatic heterocycles. The van der Waals surface area contributed by atoms with E-state index in [4.69, 9.17) is 9.47 Å². The highest BCUT2D eigenvalue weighted by molar-refractivity contribution is 7.91. The largest absolute Gasteiger partial charge is 0.486 e. The zero-order valence-corrected chi connectivity index (χ0v) is 13.7. The van der Waals surface area contributed by atoms with E-state index in [-0.39, 0.29) is 15.9 Å². The number of benzene rings is 2. The lowest BCUT2D eigenvalue weighted by Gasteiger charge is -2.26. The Morgan fingerprint density at radius 2 is 1.87 bits per heavy atom. The minimum absolute atomic E-state index is 0.0790. The molecule has 0 saturated heterocycles. The summed E-state index contributed by atoms with van der Waals surface area (Å²) in [5.41, 5.74) is 0. The Kier molecular flexibility index (Phi) is 4.54. The summed E-state index contributed by atoms with van der Waals surface area (Å²) in [6, 6.07) is 13.1. The predicted octanol–water partition coefficient (Wildman–Crippen LogP) is 2.27. The molecule has 1 heterocycles. The van der Waals surface area contributed by atoms with Gasteiger partial charge < -0.3 is 14.8 Å². The van der Waals surface area contributed by atoms with Crippen molar-refractivity contribution in [3.8, 4) is 11.5 Å². The Morgan fingerprint density at radius 1 is 1.09 bits per heavy atom. The third-order valence-electron chi connectivity index (χ3n) is 3.71. The van der Waals surface area contributed by atoms with Gasteiger partial charge in [-0.3, -0.25) is 0 Å². The van der Waals surface area contributed by atoms with Gasteiger partial charge in [0.2, 0.25) is 9.84 Å². The van der Waals surface area contributed by atoms with Crippen molar-refractivity contribution in [1.82, 2.24) is 5.32 Å².